The number of carbonyl (C=O) groups is 1. The maximum absolute atomic E-state index is 11.7. The zero-order valence-corrected chi connectivity index (χ0v) is 13.5. The molecule has 0 aliphatic rings. The Morgan fingerprint density at radius 1 is 1.30 bits per heavy atom. The summed E-state index contributed by atoms with van der Waals surface area (Å²) in [4.78, 5) is 20.5. The van der Waals surface area contributed by atoms with E-state index in [9.17, 15) is 4.79 Å². The number of hydrogen-bond donors (Lipinski definition) is 1. The van der Waals surface area contributed by atoms with Gasteiger partial charge in [0.05, 0.1) is 5.56 Å². The second-order valence-electron chi connectivity index (χ2n) is 4.88. The van der Waals surface area contributed by atoms with E-state index in [1.54, 1.807) is 6.08 Å². The molecule has 0 radical (unpaired) electrons. The minimum Gasteiger partial charge on any atom is -0.380 e. The van der Waals surface area contributed by atoms with Crippen LogP contribution in [0.4, 0.5) is 0 Å². The summed E-state index contributed by atoms with van der Waals surface area (Å²) < 4.78 is 0. The number of carbonyl (C=O) groups excluding carboxylic acids is 1. The fraction of sp³-hybridized carbons (Fsp3) is 0.118. The van der Waals surface area contributed by atoms with Crippen molar-refractivity contribution < 1.29 is 9.63 Å². The third-order valence-corrected chi connectivity index (χ3v) is 3.28. The number of nitrogens with zero attached hydrogens (tertiary/aromatic N) is 2. The minimum absolute atomic E-state index is 0.00135. The third-order valence-electron chi connectivity index (χ3n) is 3.00. The number of pyridine rings is 1. The molecule has 2 rings (SSSR count). The standard InChI is InChI=1S/C17H16ClN3O2/c1-11-10-12(2)20-16(18)15(11)17(19)21-23-14(22)9-8-13-6-4-3-5-7-13/h3-10H,1-2H3,(H2,19,21). The lowest BCUT2D eigenvalue weighted by Crippen LogP contribution is -2.17. The first-order chi connectivity index (χ1) is 11.0. The molecule has 23 heavy (non-hydrogen) atoms. The highest BCUT2D eigenvalue weighted by Crippen LogP contribution is 2.18. The first kappa shape index (κ1) is 16.7. The molecule has 0 aliphatic carbocycles. The average Bonchev–Trinajstić information content (AvgIpc) is 2.51. The normalized spacial score (nSPS) is 11.7. The maximum atomic E-state index is 11.7. The van der Waals surface area contributed by atoms with E-state index in [1.165, 1.54) is 6.08 Å². The summed E-state index contributed by atoms with van der Waals surface area (Å²) >= 11 is 6.06. The Hall–Kier alpha value is -2.66. The predicted octanol–water partition coefficient (Wildman–Crippen LogP) is 3.23. The van der Waals surface area contributed by atoms with E-state index in [2.05, 4.69) is 10.1 Å². The summed E-state index contributed by atoms with van der Waals surface area (Å²) in [6, 6.07) is 11.2. The number of oxime groups is 1. The lowest BCUT2D eigenvalue weighted by molar-refractivity contribution is -0.137. The smallest absolute Gasteiger partial charge is 0.358 e. The van der Waals surface area contributed by atoms with Crippen LogP contribution in [-0.2, 0) is 9.63 Å². The number of aromatic nitrogens is 1. The highest BCUT2D eigenvalue weighted by Gasteiger charge is 2.12. The molecule has 118 valence electrons. The molecule has 2 aromatic rings. The van der Waals surface area contributed by atoms with Crippen LogP contribution in [0.15, 0.2) is 47.6 Å². The molecule has 6 heteroatoms. The molecule has 1 aromatic heterocycles. The van der Waals surface area contributed by atoms with E-state index in [0.29, 0.717) is 5.56 Å². The SMILES string of the molecule is Cc1cc(C)c(/C(N)=N/OC(=O)C=Cc2ccccc2)c(Cl)n1. The van der Waals surface area contributed by atoms with Crippen molar-refractivity contribution in [3.8, 4) is 0 Å². The van der Waals surface area contributed by atoms with E-state index < -0.39 is 5.97 Å². The van der Waals surface area contributed by atoms with Gasteiger partial charge in [-0.2, -0.15) is 0 Å². The zero-order valence-electron chi connectivity index (χ0n) is 12.8. The van der Waals surface area contributed by atoms with Gasteiger partial charge in [0.25, 0.3) is 0 Å². The van der Waals surface area contributed by atoms with Crippen molar-refractivity contribution in [2.75, 3.05) is 0 Å². The minimum atomic E-state index is -0.634. The summed E-state index contributed by atoms with van der Waals surface area (Å²) in [6.07, 6.45) is 2.90. The first-order valence-corrected chi connectivity index (χ1v) is 7.27. The monoisotopic (exact) mass is 329 g/mol. The van der Waals surface area contributed by atoms with Crippen LogP contribution in [0.3, 0.4) is 0 Å². The van der Waals surface area contributed by atoms with Crippen LogP contribution in [0.1, 0.15) is 22.4 Å². The van der Waals surface area contributed by atoms with Crippen LogP contribution >= 0.6 is 11.6 Å². The molecule has 1 aromatic carbocycles. The van der Waals surface area contributed by atoms with Crippen molar-refractivity contribution in [2.24, 2.45) is 10.9 Å². The molecule has 0 unspecified atom stereocenters. The molecular weight excluding hydrogens is 314 g/mol. The second kappa shape index (κ2) is 7.56. The van der Waals surface area contributed by atoms with Crippen molar-refractivity contribution in [1.82, 2.24) is 4.98 Å². The topological polar surface area (TPSA) is 77.6 Å². The van der Waals surface area contributed by atoms with Crippen molar-refractivity contribution in [2.45, 2.75) is 13.8 Å². The zero-order chi connectivity index (χ0) is 16.8. The molecule has 1 heterocycles. The van der Waals surface area contributed by atoms with Crippen LogP contribution in [0.5, 0.6) is 0 Å². The van der Waals surface area contributed by atoms with Crippen molar-refractivity contribution in [3.05, 3.63) is 70.0 Å². The van der Waals surface area contributed by atoms with Crippen LogP contribution in [0.2, 0.25) is 5.15 Å². The van der Waals surface area contributed by atoms with Gasteiger partial charge >= 0.3 is 5.97 Å². The number of aryl methyl sites for hydroxylation is 2. The van der Waals surface area contributed by atoms with Crippen molar-refractivity contribution >= 4 is 29.5 Å². The number of hydrogen-bond acceptors (Lipinski definition) is 4. The largest absolute Gasteiger partial charge is 0.380 e. The number of benzene rings is 1. The maximum Gasteiger partial charge on any atom is 0.358 e. The van der Waals surface area contributed by atoms with Crippen molar-refractivity contribution in [3.63, 3.8) is 0 Å². The van der Waals surface area contributed by atoms with Gasteiger partial charge in [0.15, 0.2) is 5.84 Å². The summed E-state index contributed by atoms with van der Waals surface area (Å²) in [5.41, 5.74) is 8.74. The molecule has 0 spiro atoms. The van der Waals surface area contributed by atoms with Gasteiger partial charge in [0.1, 0.15) is 5.15 Å². The lowest BCUT2D eigenvalue weighted by Gasteiger charge is -2.07. The molecule has 0 saturated heterocycles. The Labute approximate surface area is 139 Å². The van der Waals surface area contributed by atoms with E-state index >= 15 is 0 Å². The Kier molecular flexibility index (Phi) is 5.49. The Morgan fingerprint density at radius 3 is 2.65 bits per heavy atom. The highest BCUT2D eigenvalue weighted by atomic mass is 35.5. The molecule has 0 aliphatic heterocycles. The fourth-order valence-corrected chi connectivity index (χ4v) is 2.38. The van der Waals surface area contributed by atoms with Gasteiger partial charge in [0.2, 0.25) is 0 Å². The van der Waals surface area contributed by atoms with Crippen molar-refractivity contribution in [1.29, 1.82) is 0 Å². The van der Waals surface area contributed by atoms with E-state index in [0.717, 1.165) is 16.8 Å². The lowest BCUT2D eigenvalue weighted by atomic mass is 10.1. The van der Waals surface area contributed by atoms with E-state index in [1.807, 2.05) is 50.2 Å². The summed E-state index contributed by atoms with van der Waals surface area (Å²) in [6.45, 7) is 3.65. The van der Waals surface area contributed by atoms with Crippen LogP contribution in [0.25, 0.3) is 6.08 Å². The van der Waals surface area contributed by atoms with Gasteiger partial charge in [-0.15, -0.1) is 0 Å². The van der Waals surface area contributed by atoms with E-state index in [-0.39, 0.29) is 11.0 Å². The van der Waals surface area contributed by atoms with Crippen LogP contribution in [0, 0.1) is 13.8 Å². The Balaban J connectivity index is 2.08. The molecular formula is C17H16ClN3O2. The summed E-state index contributed by atoms with van der Waals surface area (Å²) in [5, 5.41) is 3.85. The van der Waals surface area contributed by atoms with Gasteiger partial charge in [0, 0.05) is 11.8 Å². The molecule has 2 N–H and O–H groups in total. The Bertz CT molecular complexity index is 748. The molecule has 0 fully saturated rings. The highest BCUT2D eigenvalue weighted by molar-refractivity contribution is 6.33. The quantitative estimate of drug-likeness (QED) is 0.233. The second-order valence-corrected chi connectivity index (χ2v) is 5.24. The molecule has 0 atom stereocenters. The van der Waals surface area contributed by atoms with Crippen LogP contribution < -0.4 is 5.73 Å². The van der Waals surface area contributed by atoms with Gasteiger partial charge in [-0.25, -0.2) is 9.78 Å². The number of amidine groups is 1. The molecule has 0 amide bonds. The van der Waals surface area contributed by atoms with Gasteiger partial charge in [-0.3, -0.25) is 0 Å². The van der Waals surface area contributed by atoms with Crippen LogP contribution in [-0.4, -0.2) is 16.8 Å². The first-order valence-electron chi connectivity index (χ1n) is 6.89. The molecule has 5 nitrogen and oxygen atoms in total. The average molecular weight is 330 g/mol. The predicted molar refractivity (Wildman–Crippen MR) is 91.0 cm³/mol. The number of halogens is 1. The van der Waals surface area contributed by atoms with Gasteiger partial charge in [-0.1, -0.05) is 47.1 Å². The molecule has 0 saturated carbocycles. The number of rotatable bonds is 4. The van der Waals surface area contributed by atoms with Gasteiger partial charge in [-0.05, 0) is 37.1 Å². The number of nitrogens with two attached hydrogens (primary N) is 1. The third kappa shape index (κ3) is 4.66. The van der Waals surface area contributed by atoms with E-state index in [4.69, 9.17) is 22.2 Å². The summed E-state index contributed by atoms with van der Waals surface area (Å²) in [7, 11) is 0. The molecule has 0 bridgehead atoms. The fourth-order valence-electron chi connectivity index (χ4n) is 2.00. The Morgan fingerprint density at radius 2 is 2.00 bits per heavy atom. The summed E-state index contributed by atoms with van der Waals surface area (Å²) in [5.74, 6) is -0.632. The van der Waals surface area contributed by atoms with Gasteiger partial charge < -0.3 is 10.6 Å².